The number of carbonyl (C=O) groups excluding carboxylic acids is 1. The third-order valence-electron chi connectivity index (χ3n) is 4.72. The Morgan fingerprint density at radius 1 is 1.08 bits per heavy atom. The molecular formula is C16H22ClN3O3S. The summed E-state index contributed by atoms with van der Waals surface area (Å²) in [5.41, 5.74) is 0. The van der Waals surface area contributed by atoms with Crippen LogP contribution >= 0.6 is 11.6 Å². The molecular weight excluding hydrogens is 350 g/mol. The number of hydrogen-bond acceptors (Lipinski definition) is 4. The molecule has 1 aromatic carbocycles. The van der Waals surface area contributed by atoms with Crippen LogP contribution in [0.1, 0.15) is 12.8 Å². The van der Waals surface area contributed by atoms with Crippen LogP contribution in [-0.4, -0.2) is 74.2 Å². The average molecular weight is 372 g/mol. The molecule has 0 spiro atoms. The van der Waals surface area contributed by atoms with Crippen LogP contribution in [0, 0.1) is 0 Å². The molecule has 0 aromatic heterocycles. The van der Waals surface area contributed by atoms with Gasteiger partial charge in [-0.1, -0.05) is 11.6 Å². The normalized spacial score (nSPS) is 23.6. The summed E-state index contributed by atoms with van der Waals surface area (Å²) in [6.45, 7) is 3.33. The van der Waals surface area contributed by atoms with E-state index in [4.69, 9.17) is 11.6 Å². The second kappa shape index (κ2) is 7.00. The zero-order valence-corrected chi connectivity index (χ0v) is 15.3. The maximum Gasteiger partial charge on any atom is 0.243 e. The highest BCUT2D eigenvalue weighted by Gasteiger charge is 2.41. The van der Waals surface area contributed by atoms with Crippen LogP contribution in [0.5, 0.6) is 0 Å². The van der Waals surface area contributed by atoms with Crippen LogP contribution in [0.4, 0.5) is 0 Å². The monoisotopic (exact) mass is 371 g/mol. The molecule has 24 heavy (non-hydrogen) atoms. The van der Waals surface area contributed by atoms with E-state index in [2.05, 4.69) is 4.90 Å². The first-order chi connectivity index (χ1) is 11.4. The maximum atomic E-state index is 12.9. The van der Waals surface area contributed by atoms with Crippen LogP contribution in [-0.2, 0) is 14.8 Å². The second-order valence-corrected chi connectivity index (χ2v) is 8.68. The van der Waals surface area contributed by atoms with Crippen molar-refractivity contribution in [2.24, 2.45) is 0 Å². The Bertz CT molecular complexity index is 700. The number of carbonyl (C=O) groups is 1. The molecule has 2 fully saturated rings. The van der Waals surface area contributed by atoms with Crippen molar-refractivity contribution in [1.82, 2.24) is 14.1 Å². The first-order valence-electron chi connectivity index (χ1n) is 8.14. The predicted molar refractivity (Wildman–Crippen MR) is 92.4 cm³/mol. The van der Waals surface area contributed by atoms with Gasteiger partial charge in [0.25, 0.3) is 0 Å². The lowest BCUT2D eigenvalue weighted by Crippen LogP contribution is -2.53. The van der Waals surface area contributed by atoms with E-state index >= 15 is 0 Å². The van der Waals surface area contributed by atoms with Crippen LogP contribution in [0.25, 0.3) is 0 Å². The molecule has 0 N–H and O–H groups in total. The van der Waals surface area contributed by atoms with Gasteiger partial charge in [0.05, 0.1) is 4.90 Å². The highest BCUT2D eigenvalue weighted by Crippen LogP contribution is 2.28. The van der Waals surface area contributed by atoms with Crippen molar-refractivity contribution in [3.63, 3.8) is 0 Å². The molecule has 2 aliphatic rings. The minimum Gasteiger partial charge on any atom is -0.339 e. The second-order valence-electron chi connectivity index (χ2n) is 6.36. The molecule has 2 aliphatic heterocycles. The Hall–Kier alpha value is -1.15. The van der Waals surface area contributed by atoms with Crippen molar-refractivity contribution < 1.29 is 13.2 Å². The number of amides is 1. The van der Waals surface area contributed by atoms with Crippen molar-refractivity contribution in [1.29, 1.82) is 0 Å². The Balaban J connectivity index is 1.79. The first kappa shape index (κ1) is 17.7. The van der Waals surface area contributed by atoms with Crippen molar-refractivity contribution in [3.8, 4) is 0 Å². The van der Waals surface area contributed by atoms with Gasteiger partial charge in [0.1, 0.15) is 6.04 Å². The predicted octanol–water partition coefficient (Wildman–Crippen LogP) is 1.27. The summed E-state index contributed by atoms with van der Waals surface area (Å²) < 4.78 is 27.2. The van der Waals surface area contributed by atoms with E-state index in [-0.39, 0.29) is 10.8 Å². The lowest BCUT2D eigenvalue weighted by Gasteiger charge is -2.35. The van der Waals surface area contributed by atoms with Crippen molar-refractivity contribution in [2.45, 2.75) is 23.8 Å². The number of piperazine rings is 1. The van der Waals surface area contributed by atoms with Gasteiger partial charge in [0.15, 0.2) is 0 Å². The zero-order valence-electron chi connectivity index (χ0n) is 13.7. The molecule has 8 heteroatoms. The van der Waals surface area contributed by atoms with E-state index in [1.165, 1.54) is 16.4 Å². The molecule has 132 valence electrons. The quantitative estimate of drug-likeness (QED) is 0.802. The van der Waals surface area contributed by atoms with Gasteiger partial charge in [-0.25, -0.2) is 8.42 Å². The molecule has 1 unspecified atom stereocenters. The maximum absolute atomic E-state index is 12.9. The van der Waals surface area contributed by atoms with Crippen LogP contribution in [0.15, 0.2) is 29.2 Å². The summed E-state index contributed by atoms with van der Waals surface area (Å²) in [5.74, 6) is -0.0712. The number of rotatable bonds is 3. The number of hydrogen-bond donors (Lipinski definition) is 0. The van der Waals surface area contributed by atoms with Crippen molar-refractivity contribution in [2.75, 3.05) is 39.8 Å². The fourth-order valence-electron chi connectivity index (χ4n) is 3.25. The smallest absolute Gasteiger partial charge is 0.243 e. The molecule has 1 amide bonds. The fraction of sp³-hybridized carbons (Fsp3) is 0.562. The van der Waals surface area contributed by atoms with Gasteiger partial charge in [-0.3, -0.25) is 4.79 Å². The Labute approximate surface area is 148 Å². The fourth-order valence-corrected chi connectivity index (χ4v) is 5.03. The Kier molecular flexibility index (Phi) is 5.15. The minimum absolute atomic E-state index is 0.0712. The molecule has 0 saturated carbocycles. The number of nitrogens with zero attached hydrogens (tertiary/aromatic N) is 3. The average Bonchev–Trinajstić information content (AvgIpc) is 3.06. The number of sulfonamides is 1. The molecule has 6 nitrogen and oxygen atoms in total. The van der Waals surface area contributed by atoms with E-state index in [0.717, 1.165) is 13.1 Å². The molecule has 1 aromatic rings. The van der Waals surface area contributed by atoms with Gasteiger partial charge in [-0.05, 0) is 44.2 Å². The third-order valence-corrected chi connectivity index (χ3v) is 6.90. The van der Waals surface area contributed by atoms with Crippen molar-refractivity contribution in [3.05, 3.63) is 29.3 Å². The lowest BCUT2D eigenvalue weighted by molar-refractivity contribution is -0.136. The highest BCUT2D eigenvalue weighted by molar-refractivity contribution is 7.89. The highest BCUT2D eigenvalue weighted by atomic mass is 35.5. The van der Waals surface area contributed by atoms with Crippen LogP contribution in [0.3, 0.4) is 0 Å². The summed E-state index contributed by atoms with van der Waals surface area (Å²) in [6.07, 6.45) is 1.29. The van der Waals surface area contributed by atoms with Gasteiger partial charge in [-0.15, -0.1) is 0 Å². The van der Waals surface area contributed by atoms with Gasteiger partial charge in [0, 0.05) is 37.7 Å². The summed E-state index contributed by atoms with van der Waals surface area (Å²) in [4.78, 5) is 17.0. The largest absolute Gasteiger partial charge is 0.339 e. The molecule has 0 radical (unpaired) electrons. The summed E-state index contributed by atoms with van der Waals surface area (Å²) in [6, 6.07) is 5.51. The molecule has 1 atom stereocenters. The summed E-state index contributed by atoms with van der Waals surface area (Å²) >= 11 is 5.84. The van der Waals surface area contributed by atoms with Gasteiger partial charge < -0.3 is 9.80 Å². The Morgan fingerprint density at radius 2 is 1.71 bits per heavy atom. The standard InChI is InChI=1S/C16H22ClN3O3S/c1-18-9-11-19(12-10-18)16(21)15-3-2-8-20(15)24(22,23)14-6-4-13(17)5-7-14/h4-7,15H,2-3,8-12H2,1H3. The van der Waals surface area contributed by atoms with Crippen LogP contribution in [0.2, 0.25) is 5.02 Å². The van der Waals surface area contributed by atoms with Crippen molar-refractivity contribution >= 4 is 27.5 Å². The number of halogens is 1. The summed E-state index contributed by atoms with van der Waals surface area (Å²) in [7, 11) is -1.66. The van der Waals surface area contributed by atoms with Gasteiger partial charge in [-0.2, -0.15) is 4.31 Å². The minimum atomic E-state index is -3.68. The molecule has 2 heterocycles. The number of likely N-dealkylation sites (N-methyl/N-ethyl adjacent to an activating group) is 1. The van der Waals surface area contributed by atoms with E-state index in [1.807, 2.05) is 7.05 Å². The SMILES string of the molecule is CN1CCN(C(=O)C2CCCN2S(=O)(=O)c2ccc(Cl)cc2)CC1. The zero-order chi connectivity index (χ0) is 17.3. The van der Waals surface area contributed by atoms with E-state index < -0.39 is 16.1 Å². The van der Waals surface area contributed by atoms with E-state index in [1.54, 1.807) is 17.0 Å². The molecule has 3 rings (SSSR count). The first-order valence-corrected chi connectivity index (χ1v) is 9.96. The lowest BCUT2D eigenvalue weighted by atomic mass is 10.2. The van der Waals surface area contributed by atoms with E-state index in [0.29, 0.717) is 37.5 Å². The molecule has 0 bridgehead atoms. The van der Waals surface area contributed by atoms with Gasteiger partial charge >= 0.3 is 0 Å². The van der Waals surface area contributed by atoms with E-state index in [9.17, 15) is 13.2 Å². The van der Waals surface area contributed by atoms with Gasteiger partial charge in [0.2, 0.25) is 15.9 Å². The van der Waals surface area contributed by atoms with Crippen LogP contribution < -0.4 is 0 Å². The Morgan fingerprint density at radius 3 is 2.33 bits per heavy atom. The molecule has 0 aliphatic carbocycles. The molecule has 2 saturated heterocycles. The topological polar surface area (TPSA) is 60.9 Å². The number of benzene rings is 1. The summed E-state index contributed by atoms with van der Waals surface area (Å²) in [5, 5.41) is 0.487. The third kappa shape index (κ3) is 3.44.